The summed E-state index contributed by atoms with van der Waals surface area (Å²) in [4.78, 5) is 11.0. The van der Waals surface area contributed by atoms with Crippen molar-refractivity contribution in [1.29, 1.82) is 0 Å². The van der Waals surface area contributed by atoms with Crippen LogP contribution in [0.5, 0.6) is 11.5 Å². The second-order valence-corrected chi connectivity index (χ2v) is 4.87. The highest BCUT2D eigenvalue weighted by Gasteiger charge is 2.18. The minimum absolute atomic E-state index is 0. The summed E-state index contributed by atoms with van der Waals surface area (Å²) in [7, 11) is 1.55. The third kappa shape index (κ3) is 5.16. The molecule has 6 heteroatoms. The number of ether oxygens (including phenoxy) is 2. The number of carboxylic acid groups (broad SMARTS) is 1. The fourth-order valence-corrected chi connectivity index (χ4v) is 2.10. The van der Waals surface area contributed by atoms with Gasteiger partial charge in [0.2, 0.25) is 0 Å². The highest BCUT2D eigenvalue weighted by atomic mass is 35.5. The Morgan fingerprint density at radius 2 is 1.87 bits per heavy atom. The average Bonchev–Trinajstić information content (AvgIpc) is 2.54. The molecule has 2 aromatic rings. The van der Waals surface area contributed by atoms with E-state index in [0.29, 0.717) is 23.7 Å². The second kappa shape index (κ2) is 9.02. The standard InChI is InChI=1S/C17H19NO4.ClH/c1-21-15-9-5-8-13(10-14(18)17(19)20)16(15)22-11-12-6-3-2-4-7-12;/h2-9,14H,10-11,18H2,1H3,(H,19,20);1H. The smallest absolute Gasteiger partial charge is 0.320 e. The maximum absolute atomic E-state index is 11.0. The summed E-state index contributed by atoms with van der Waals surface area (Å²) in [5, 5.41) is 8.97. The normalized spacial score (nSPS) is 11.2. The minimum Gasteiger partial charge on any atom is -0.493 e. The molecule has 2 rings (SSSR count). The van der Waals surface area contributed by atoms with Crippen molar-refractivity contribution in [1.82, 2.24) is 0 Å². The van der Waals surface area contributed by atoms with Crippen LogP contribution in [-0.4, -0.2) is 24.2 Å². The van der Waals surface area contributed by atoms with Gasteiger partial charge in [0.05, 0.1) is 7.11 Å². The molecule has 0 aliphatic carbocycles. The molecule has 0 heterocycles. The molecule has 23 heavy (non-hydrogen) atoms. The van der Waals surface area contributed by atoms with Gasteiger partial charge in [-0.1, -0.05) is 42.5 Å². The van der Waals surface area contributed by atoms with Gasteiger partial charge in [0.25, 0.3) is 0 Å². The van der Waals surface area contributed by atoms with Gasteiger partial charge in [-0.3, -0.25) is 4.79 Å². The molecule has 0 aliphatic rings. The summed E-state index contributed by atoms with van der Waals surface area (Å²) in [6.45, 7) is 0.372. The van der Waals surface area contributed by atoms with Gasteiger partial charge in [0.1, 0.15) is 12.6 Å². The van der Waals surface area contributed by atoms with Crippen molar-refractivity contribution in [2.24, 2.45) is 5.73 Å². The number of benzene rings is 2. The first-order valence-electron chi connectivity index (χ1n) is 6.92. The van der Waals surface area contributed by atoms with E-state index < -0.39 is 12.0 Å². The number of carbonyl (C=O) groups is 1. The van der Waals surface area contributed by atoms with Crippen molar-refractivity contribution in [3.63, 3.8) is 0 Å². The first kappa shape index (κ1) is 18.8. The van der Waals surface area contributed by atoms with E-state index >= 15 is 0 Å². The van der Waals surface area contributed by atoms with Crippen LogP contribution in [0, 0.1) is 0 Å². The third-order valence-corrected chi connectivity index (χ3v) is 3.26. The van der Waals surface area contributed by atoms with Gasteiger partial charge in [0.15, 0.2) is 11.5 Å². The fourth-order valence-electron chi connectivity index (χ4n) is 2.10. The Morgan fingerprint density at radius 1 is 1.17 bits per heavy atom. The Bertz CT molecular complexity index is 634. The molecule has 2 aromatic carbocycles. The Hall–Kier alpha value is -2.24. The lowest BCUT2D eigenvalue weighted by molar-refractivity contribution is -0.138. The first-order valence-corrected chi connectivity index (χ1v) is 6.92. The number of methoxy groups -OCH3 is 1. The predicted molar refractivity (Wildman–Crippen MR) is 90.3 cm³/mol. The van der Waals surface area contributed by atoms with Gasteiger partial charge in [-0.2, -0.15) is 0 Å². The number of nitrogens with two attached hydrogens (primary N) is 1. The summed E-state index contributed by atoms with van der Waals surface area (Å²) in [5.41, 5.74) is 7.35. The quantitative estimate of drug-likeness (QED) is 0.811. The number of halogens is 1. The molecule has 3 N–H and O–H groups in total. The number of hydrogen-bond donors (Lipinski definition) is 2. The second-order valence-electron chi connectivity index (χ2n) is 4.87. The molecule has 0 aromatic heterocycles. The van der Waals surface area contributed by atoms with E-state index in [2.05, 4.69) is 0 Å². The molecule has 0 saturated carbocycles. The van der Waals surface area contributed by atoms with Gasteiger partial charge >= 0.3 is 5.97 Å². The molecule has 124 valence electrons. The topological polar surface area (TPSA) is 81.8 Å². The predicted octanol–water partition coefficient (Wildman–Crippen LogP) is 2.65. The van der Waals surface area contributed by atoms with Gasteiger partial charge < -0.3 is 20.3 Å². The summed E-state index contributed by atoms with van der Waals surface area (Å²) in [6, 6.07) is 14.1. The molecule has 0 saturated heterocycles. The third-order valence-electron chi connectivity index (χ3n) is 3.26. The van der Waals surface area contributed by atoms with E-state index in [-0.39, 0.29) is 18.8 Å². The van der Waals surface area contributed by atoms with Crippen molar-refractivity contribution in [3.8, 4) is 11.5 Å². The molecule has 1 atom stereocenters. The van der Waals surface area contributed by atoms with E-state index in [1.807, 2.05) is 30.3 Å². The van der Waals surface area contributed by atoms with Crippen LogP contribution in [0.3, 0.4) is 0 Å². The maximum atomic E-state index is 11.0. The van der Waals surface area contributed by atoms with Gasteiger partial charge in [-0.15, -0.1) is 12.4 Å². The molecule has 0 radical (unpaired) electrons. The first-order chi connectivity index (χ1) is 10.6. The largest absolute Gasteiger partial charge is 0.493 e. The molecule has 5 nitrogen and oxygen atoms in total. The minimum atomic E-state index is -1.04. The van der Waals surface area contributed by atoms with Crippen molar-refractivity contribution in [3.05, 3.63) is 59.7 Å². The highest BCUT2D eigenvalue weighted by molar-refractivity contribution is 5.85. The van der Waals surface area contributed by atoms with Crippen LogP contribution < -0.4 is 15.2 Å². The Morgan fingerprint density at radius 3 is 2.48 bits per heavy atom. The van der Waals surface area contributed by atoms with E-state index in [1.165, 1.54) is 0 Å². The Balaban J connectivity index is 0.00000264. The lowest BCUT2D eigenvalue weighted by Crippen LogP contribution is -2.32. The summed E-state index contributed by atoms with van der Waals surface area (Å²) < 4.78 is 11.2. The van der Waals surface area contributed by atoms with Crippen molar-refractivity contribution < 1.29 is 19.4 Å². The summed E-state index contributed by atoms with van der Waals surface area (Å²) >= 11 is 0. The lowest BCUT2D eigenvalue weighted by Gasteiger charge is -2.16. The monoisotopic (exact) mass is 337 g/mol. The zero-order chi connectivity index (χ0) is 15.9. The van der Waals surface area contributed by atoms with Crippen LogP contribution >= 0.6 is 12.4 Å². The van der Waals surface area contributed by atoms with Crippen LogP contribution in [0.1, 0.15) is 11.1 Å². The zero-order valence-corrected chi connectivity index (χ0v) is 13.6. The number of hydrogen-bond acceptors (Lipinski definition) is 4. The highest BCUT2D eigenvalue weighted by Crippen LogP contribution is 2.32. The number of rotatable bonds is 7. The Labute approximate surface area is 141 Å². The molecule has 0 spiro atoms. The molecule has 0 fully saturated rings. The Kier molecular flexibility index (Phi) is 7.38. The van der Waals surface area contributed by atoms with Crippen molar-refractivity contribution in [2.45, 2.75) is 19.1 Å². The number of carboxylic acids is 1. The molecule has 1 unspecified atom stereocenters. The summed E-state index contributed by atoms with van der Waals surface area (Å²) in [6.07, 6.45) is 0.177. The van der Waals surface area contributed by atoms with Crippen molar-refractivity contribution >= 4 is 18.4 Å². The van der Waals surface area contributed by atoms with Crippen LogP contribution in [0.2, 0.25) is 0 Å². The molecule has 0 aliphatic heterocycles. The van der Waals surface area contributed by atoms with Crippen LogP contribution in [-0.2, 0) is 17.8 Å². The zero-order valence-electron chi connectivity index (χ0n) is 12.8. The summed E-state index contributed by atoms with van der Waals surface area (Å²) in [5.74, 6) is 0.0494. The number of para-hydroxylation sites is 1. The molecule has 0 amide bonds. The molecular formula is C17H20ClNO4. The SMILES string of the molecule is COc1cccc(CC(N)C(=O)O)c1OCc1ccccc1.Cl. The lowest BCUT2D eigenvalue weighted by atomic mass is 10.0. The average molecular weight is 338 g/mol. The fraction of sp³-hybridized carbons (Fsp3) is 0.235. The molecular weight excluding hydrogens is 318 g/mol. The van der Waals surface area contributed by atoms with Crippen LogP contribution in [0.15, 0.2) is 48.5 Å². The van der Waals surface area contributed by atoms with E-state index in [0.717, 1.165) is 5.56 Å². The molecule has 0 bridgehead atoms. The van der Waals surface area contributed by atoms with Crippen LogP contribution in [0.25, 0.3) is 0 Å². The van der Waals surface area contributed by atoms with E-state index in [9.17, 15) is 4.79 Å². The maximum Gasteiger partial charge on any atom is 0.320 e. The number of aliphatic carboxylic acids is 1. The van der Waals surface area contributed by atoms with Crippen molar-refractivity contribution in [2.75, 3.05) is 7.11 Å². The van der Waals surface area contributed by atoms with Gasteiger partial charge in [-0.25, -0.2) is 0 Å². The van der Waals surface area contributed by atoms with E-state index in [4.69, 9.17) is 20.3 Å². The van der Waals surface area contributed by atoms with Crippen LogP contribution in [0.4, 0.5) is 0 Å². The van der Waals surface area contributed by atoms with Gasteiger partial charge in [-0.05, 0) is 11.6 Å². The van der Waals surface area contributed by atoms with Gasteiger partial charge in [0, 0.05) is 12.0 Å². The van der Waals surface area contributed by atoms with E-state index in [1.54, 1.807) is 25.3 Å².